The van der Waals surface area contributed by atoms with Gasteiger partial charge in [0.25, 0.3) is 10.1 Å². The van der Waals surface area contributed by atoms with Gasteiger partial charge in [0.05, 0.1) is 5.75 Å². The topological polar surface area (TPSA) is 60.4 Å². The standard InChI is InChI=1S/C7H10O4S/c1-2-6-11-12(9,10)7-4-3-5-8/h1,5H,3-4,6-7H2. The zero-order valence-corrected chi connectivity index (χ0v) is 7.34. The van der Waals surface area contributed by atoms with Crippen LogP contribution >= 0.6 is 0 Å². The molecule has 0 heterocycles. The van der Waals surface area contributed by atoms with Gasteiger partial charge in [-0.1, -0.05) is 5.92 Å². The highest BCUT2D eigenvalue weighted by Gasteiger charge is 2.08. The molecule has 0 unspecified atom stereocenters. The van der Waals surface area contributed by atoms with E-state index in [1.165, 1.54) is 0 Å². The summed E-state index contributed by atoms with van der Waals surface area (Å²) in [6.07, 6.45) is 5.95. The van der Waals surface area contributed by atoms with E-state index in [0.29, 0.717) is 6.29 Å². The van der Waals surface area contributed by atoms with Gasteiger partial charge in [-0.3, -0.25) is 4.18 Å². The summed E-state index contributed by atoms with van der Waals surface area (Å²) in [7, 11) is -3.52. The molecule has 0 aliphatic heterocycles. The molecule has 0 rings (SSSR count). The minimum atomic E-state index is -3.52. The monoisotopic (exact) mass is 190 g/mol. The lowest BCUT2D eigenvalue weighted by Crippen LogP contribution is -2.10. The molecule has 0 spiro atoms. The third-order valence-corrected chi connectivity index (χ3v) is 2.30. The molecule has 0 bridgehead atoms. The van der Waals surface area contributed by atoms with Gasteiger partial charge in [0.2, 0.25) is 0 Å². The average Bonchev–Trinajstić information content (AvgIpc) is 2.01. The van der Waals surface area contributed by atoms with Gasteiger partial charge in [-0.05, 0) is 6.42 Å². The van der Waals surface area contributed by atoms with Crippen LogP contribution in [0.25, 0.3) is 0 Å². The summed E-state index contributed by atoms with van der Waals surface area (Å²) < 4.78 is 26.0. The smallest absolute Gasteiger partial charge is 0.268 e. The van der Waals surface area contributed by atoms with E-state index < -0.39 is 10.1 Å². The molecule has 68 valence electrons. The first-order valence-electron chi connectivity index (χ1n) is 3.36. The first-order chi connectivity index (χ1) is 5.62. The van der Waals surface area contributed by atoms with Crippen LogP contribution in [0, 0.1) is 12.3 Å². The molecule has 0 atom stereocenters. The molecule has 0 aromatic carbocycles. The average molecular weight is 190 g/mol. The second kappa shape index (κ2) is 5.75. The van der Waals surface area contributed by atoms with Crippen molar-refractivity contribution in [1.82, 2.24) is 0 Å². The van der Waals surface area contributed by atoms with Crippen LogP contribution in [0.5, 0.6) is 0 Å². The Hall–Kier alpha value is -0.860. The molecular formula is C7H10O4S. The molecule has 0 aliphatic rings. The zero-order valence-electron chi connectivity index (χ0n) is 6.52. The van der Waals surface area contributed by atoms with Crippen molar-refractivity contribution in [3.8, 4) is 12.3 Å². The van der Waals surface area contributed by atoms with Crippen molar-refractivity contribution in [2.45, 2.75) is 12.8 Å². The first kappa shape index (κ1) is 11.1. The molecule has 0 aromatic rings. The Balaban J connectivity index is 3.74. The van der Waals surface area contributed by atoms with Crippen LogP contribution in [-0.4, -0.2) is 27.1 Å². The number of unbranched alkanes of at least 4 members (excludes halogenated alkanes) is 1. The molecule has 0 fully saturated rings. The van der Waals surface area contributed by atoms with Crippen LogP contribution in [0.1, 0.15) is 12.8 Å². The molecule has 12 heavy (non-hydrogen) atoms. The van der Waals surface area contributed by atoms with Crippen molar-refractivity contribution in [2.75, 3.05) is 12.4 Å². The summed E-state index contributed by atoms with van der Waals surface area (Å²) in [5.41, 5.74) is 0. The number of rotatable bonds is 6. The summed E-state index contributed by atoms with van der Waals surface area (Å²) in [6, 6.07) is 0. The summed E-state index contributed by atoms with van der Waals surface area (Å²) in [5, 5.41) is 0. The van der Waals surface area contributed by atoms with Gasteiger partial charge in [0.15, 0.2) is 0 Å². The van der Waals surface area contributed by atoms with Gasteiger partial charge in [-0.25, -0.2) is 0 Å². The minimum Gasteiger partial charge on any atom is -0.303 e. The lowest BCUT2D eigenvalue weighted by molar-refractivity contribution is -0.107. The Morgan fingerprint density at radius 1 is 1.50 bits per heavy atom. The number of hydrogen-bond donors (Lipinski definition) is 0. The second-order valence-corrected chi connectivity index (χ2v) is 3.80. The molecule has 0 radical (unpaired) electrons. The Morgan fingerprint density at radius 2 is 2.17 bits per heavy atom. The Labute approximate surface area is 72.0 Å². The van der Waals surface area contributed by atoms with E-state index in [9.17, 15) is 13.2 Å². The van der Waals surface area contributed by atoms with E-state index in [4.69, 9.17) is 6.42 Å². The lowest BCUT2D eigenvalue weighted by Gasteiger charge is -1.99. The van der Waals surface area contributed by atoms with Crippen molar-refractivity contribution in [3.05, 3.63) is 0 Å². The normalized spacial score (nSPS) is 10.6. The Bertz CT molecular complexity index is 260. The molecule has 0 saturated heterocycles. The van der Waals surface area contributed by atoms with Gasteiger partial charge in [-0.2, -0.15) is 8.42 Å². The van der Waals surface area contributed by atoms with E-state index >= 15 is 0 Å². The van der Waals surface area contributed by atoms with Crippen molar-refractivity contribution in [2.24, 2.45) is 0 Å². The van der Waals surface area contributed by atoms with E-state index in [1.807, 2.05) is 5.92 Å². The highest BCUT2D eigenvalue weighted by molar-refractivity contribution is 7.86. The van der Waals surface area contributed by atoms with Gasteiger partial charge < -0.3 is 4.79 Å². The number of carbonyl (C=O) groups is 1. The lowest BCUT2D eigenvalue weighted by atomic mass is 10.4. The van der Waals surface area contributed by atoms with E-state index in [-0.39, 0.29) is 25.2 Å². The van der Waals surface area contributed by atoms with Gasteiger partial charge in [0, 0.05) is 6.42 Å². The predicted octanol–water partition coefficient (Wildman–Crippen LogP) is -0.0549. The molecular weight excluding hydrogens is 180 g/mol. The van der Waals surface area contributed by atoms with Crippen LogP contribution < -0.4 is 0 Å². The maximum atomic E-state index is 10.8. The predicted molar refractivity (Wildman–Crippen MR) is 43.9 cm³/mol. The molecule has 0 amide bonds. The van der Waals surface area contributed by atoms with Crippen LogP contribution in [0.2, 0.25) is 0 Å². The van der Waals surface area contributed by atoms with E-state index in [2.05, 4.69) is 4.18 Å². The largest absolute Gasteiger partial charge is 0.303 e. The first-order valence-corrected chi connectivity index (χ1v) is 4.94. The number of hydrogen-bond acceptors (Lipinski definition) is 4. The van der Waals surface area contributed by atoms with Crippen LogP contribution in [-0.2, 0) is 19.1 Å². The van der Waals surface area contributed by atoms with Crippen LogP contribution in [0.4, 0.5) is 0 Å². The SMILES string of the molecule is C#CCOS(=O)(=O)CCCC=O. The second-order valence-electron chi connectivity index (χ2n) is 2.04. The molecule has 0 saturated carbocycles. The van der Waals surface area contributed by atoms with E-state index in [0.717, 1.165) is 0 Å². The summed E-state index contributed by atoms with van der Waals surface area (Å²) in [6.45, 7) is -0.247. The number of carbonyl (C=O) groups excluding carboxylic acids is 1. The fourth-order valence-electron chi connectivity index (χ4n) is 0.526. The highest BCUT2D eigenvalue weighted by Crippen LogP contribution is 1.97. The number of terminal acetylenes is 1. The summed E-state index contributed by atoms with van der Waals surface area (Å²) in [4.78, 5) is 9.84. The van der Waals surface area contributed by atoms with Crippen molar-refractivity contribution < 1.29 is 17.4 Å². The van der Waals surface area contributed by atoms with Gasteiger partial charge in [0.1, 0.15) is 12.9 Å². The van der Waals surface area contributed by atoms with Crippen molar-refractivity contribution in [1.29, 1.82) is 0 Å². The molecule has 0 N–H and O–H groups in total. The fraction of sp³-hybridized carbons (Fsp3) is 0.571. The third kappa shape index (κ3) is 5.89. The van der Waals surface area contributed by atoms with Gasteiger partial charge >= 0.3 is 0 Å². The highest BCUT2D eigenvalue weighted by atomic mass is 32.2. The Morgan fingerprint density at radius 3 is 2.67 bits per heavy atom. The van der Waals surface area contributed by atoms with Crippen molar-refractivity contribution >= 4 is 16.4 Å². The van der Waals surface area contributed by atoms with Crippen LogP contribution in [0.15, 0.2) is 0 Å². The zero-order chi connectivity index (χ0) is 9.45. The quantitative estimate of drug-likeness (QED) is 0.255. The molecule has 0 aromatic heterocycles. The maximum absolute atomic E-state index is 10.8. The fourth-order valence-corrected chi connectivity index (χ4v) is 1.41. The molecule has 0 aliphatic carbocycles. The van der Waals surface area contributed by atoms with Crippen LogP contribution in [0.3, 0.4) is 0 Å². The summed E-state index contributed by atoms with van der Waals surface area (Å²) >= 11 is 0. The molecule has 5 heteroatoms. The minimum absolute atomic E-state index is 0.159. The van der Waals surface area contributed by atoms with Crippen molar-refractivity contribution in [3.63, 3.8) is 0 Å². The summed E-state index contributed by atoms with van der Waals surface area (Å²) in [5.74, 6) is 1.88. The van der Waals surface area contributed by atoms with Gasteiger partial charge in [-0.15, -0.1) is 6.42 Å². The Kier molecular flexibility index (Phi) is 5.34. The number of aldehydes is 1. The molecule has 4 nitrogen and oxygen atoms in total. The third-order valence-electron chi connectivity index (χ3n) is 1.04. The van der Waals surface area contributed by atoms with E-state index in [1.54, 1.807) is 0 Å². The maximum Gasteiger partial charge on any atom is 0.268 e.